The fourth-order valence-corrected chi connectivity index (χ4v) is 19.9. The smallest absolute Gasteiger partial charge is 0.0719 e. The maximum atomic E-state index is 2.51. The zero-order chi connectivity index (χ0) is 69.8. The summed E-state index contributed by atoms with van der Waals surface area (Å²) in [7, 11) is 0. The molecule has 496 valence electrons. The van der Waals surface area contributed by atoms with Gasteiger partial charge in [0.15, 0.2) is 0 Å². The fourth-order valence-electron chi connectivity index (χ4n) is 19.9. The second-order valence-electron chi connectivity index (χ2n) is 30.0. The van der Waals surface area contributed by atoms with Crippen LogP contribution >= 0.6 is 0 Å². The Hall–Kier alpha value is -12.8. The molecule has 1 heterocycles. The monoisotopic (exact) mass is 1340 g/mol. The van der Waals surface area contributed by atoms with Crippen molar-refractivity contribution >= 4 is 66.7 Å². The molecule has 0 bridgehead atoms. The van der Waals surface area contributed by atoms with E-state index < -0.39 is 16.2 Å². The van der Waals surface area contributed by atoms with E-state index in [0.29, 0.717) is 0 Å². The minimum Gasteiger partial charge on any atom is -0.310 e. The van der Waals surface area contributed by atoms with Crippen molar-refractivity contribution in [1.82, 2.24) is 4.57 Å². The molecule has 0 N–H and O–H groups in total. The Morgan fingerprint density at radius 3 is 1.26 bits per heavy atom. The highest BCUT2D eigenvalue weighted by Crippen LogP contribution is 2.65. The summed E-state index contributed by atoms with van der Waals surface area (Å²) in [6, 6.07) is 142. The van der Waals surface area contributed by atoms with Crippen molar-refractivity contribution in [3.05, 3.63) is 448 Å². The SMILES string of the molecule is CC1(C)c2ccccc2C2(c3ccccc3-c3cc(N(c4ccc(-c5ccccc5)cc4)c4ccc5c(c4)c4ccccc4n5-c4cccc(CC5(C)c6ccccc6C6(c7ccccc7-c7cc(N(c8ccccc8)c8ccc9ccccc9c8)ccc76)c6ccccc65)c4)ccc32)c2ccccc21. The first-order valence-electron chi connectivity index (χ1n) is 37.0. The quantitative estimate of drug-likeness (QED) is 0.135. The zero-order valence-corrected chi connectivity index (χ0v) is 58.8. The molecular weight excluding hydrogens is 1270 g/mol. The van der Waals surface area contributed by atoms with Gasteiger partial charge in [0, 0.05) is 61.4 Å². The lowest BCUT2D eigenvalue weighted by molar-refractivity contribution is 0.514. The van der Waals surface area contributed by atoms with Crippen LogP contribution in [0.5, 0.6) is 0 Å². The van der Waals surface area contributed by atoms with Crippen LogP contribution in [-0.4, -0.2) is 4.57 Å². The second-order valence-corrected chi connectivity index (χ2v) is 30.0. The Bertz CT molecular complexity index is 6290. The molecular formula is C102H73N3. The highest BCUT2D eigenvalue weighted by Gasteiger charge is 2.56. The predicted molar refractivity (Wildman–Crippen MR) is 436 cm³/mol. The van der Waals surface area contributed by atoms with E-state index in [-0.39, 0.29) is 5.41 Å². The predicted octanol–water partition coefficient (Wildman–Crippen LogP) is 25.8. The lowest BCUT2D eigenvalue weighted by Crippen LogP contribution is -2.43. The van der Waals surface area contributed by atoms with Gasteiger partial charge in [-0.15, -0.1) is 0 Å². The molecule has 0 aliphatic heterocycles. The van der Waals surface area contributed by atoms with Gasteiger partial charge in [0.2, 0.25) is 0 Å². The van der Waals surface area contributed by atoms with E-state index in [9.17, 15) is 0 Å². The Labute approximate surface area is 613 Å². The van der Waals surface area contributed by atoms with Gasteiger partial charge in [-0.2, -0.15) is 0 Å². The van der Waals surface area contributed by atoms with Gasteiger partial charge in [-0.1, -0.05) is 300 Å². The summed E-state index contributed by atoms with van der Waals surface area (Å²) in [5.74, 6) is 0. The van der Waals surface area contributed by atoms with Crippen LogP contribution in [0.15, 0.2) is 376 Å². The maximum Gasteiger partial charge on any atom is 0.0719 e. The van der Waals surface area contributed by atoms with Crippen LogP contribution in [0.1, 0.15) is 93.1 Å². The van der Waals surface area contributed by atoms with Crippen LogP contribution < -0.4 is 9.80 Å². The second kappa shape index (κ2) is 23.1. The third-order valence-electron chi connectivity index (χ3n) is 24.3. The standard InChI is InChI=1S/C102H73N3/c1-99(2)89-40-17-21-44-93(89)101(94-45-22-18-41-90(94)99)85-38-15-12-35-79(85)82-64-77(56-58-87(82)101)104(73-52-49-70(50-53-73)68-28-6-4-7-29-68)78-57-60-98-84(65-78)81-37-14-25-48-97(81)105(98)74-34-26-27-67(61-74)66-100(3)91-42-19-23-46-95(91)102(96-47-24-20-43-92(96)100)86-39-16-13-36-80(86)83-63-76(55-59-88(83)102)103(72-32-8-5-9-33-72)75-54-51-69-30-10-11-31-71(69)62-75/h4-65H,66H2,1-3H3. The van der Waals surface area contributed by atoms with Gasteiger partial charge in [0.25, 0.3) is 0 Å². The third-order valence-corrected chi connectivity index (χ3v) is 24.3. The largest absolute Gasteiger partial charge is 0.310 e. The van der Waals surface area contributed by atoms with E-state index in [1.165, 1.54) is 133 Å². The van der Waals surface area contributed by atoms with Crippen molar-refractivity contribution in [3.63, 3.8) is 0 Å². The molecule has 17 aromatic rings. The van der Waals surface area contributed by atoms with E-state index in [0.717, 1.165) is 51.7 Å². The molecule has 105 heavy (non-hydrogen) atoms. The van der Waals surface area contributed by atoms with E-state index in [4.69, 9.17) is 0 Å². The molecule has 0 saturated carbocycles. The molecule has 3 heteroatoms. The Morgan fingerprint density at radius 1 is 0.248 bits per heavy atom. The summed E-state index contributed by atoms with van der Waals surface area (Å²) in [6.45, 7) is 7.30. The van der Waals surface area contributed by atoms with Gasteiger partial charge in [-0.05, 0) is 220 Å². The van der Waals surface area contributed by atoms with Crippen molar-refractivity contribution < 1.29 is 0 Å². The zero-order valence-electron chi connectivity index (χ0n) is 58.8. The fraction of sp³-hybridized carbons (Fsp3) is 0.0784. The Morgan fingerprint density at radius 2 is 0.657 bits per heavy atom. The number of hydrogen-bond acceptors (Lipinski definition) is 2. The summed E-state index contributed by atoms with van der Waals surface area (Å²) in [5.41, 5.74) is 33.4. The van der Waals surface area contributed by atoms with E-state index >= 15 is 0 Å². The minimum atomic E-state index is -0.566. The molecule has 1 aromatic heterocycles. The normalized spacial score (nSPS) is 15.5. The van der Waals surface area contributed by atoms with Crippen molar-refractivity contribution in [2.75, 3.05) is 9.80 Å². The Balaban J connectivity index is 0.682. The van der Waals surface area contributed by atoms with Crippen LogP contribution in [0, 0.1) is 0 Å². The van der Waals surface area contributed by atoms with Gasteiger partial charge in [-0.25, -0.2) is 0 Å². The summed E-state index contributed by atoms with van der Waals surface area (Å²) >= 11 is 0. The van der Waals surface area contributed by atoms with E-state index in [1.807, 2.05) is 0 Å². The summed E-state index contributed by atoms with van der Waals surface area (Å²) in [4.78, 5) is 4.91. The number of anilines is 6. The van der Waals surface area contributed by atoms with E-state index in [1.54, 1.807) is 0 Å². The first kappa shape index (κ1) is 60.9. The number of nitrogens with zero attached hydrogens (tertiary/aromatic N) is 3. The van der Waals surface area contributed by atoms with Crippen LogP contribution in [0.25, 0.3) is 71.6 Å². The van der Waals surface area contributed by atoms with Crippen molar-refractivity contribution in [2.45, 2.75) is 48.9 Å². The summed E-state index contributed by atoms with van der Waals surface area (Å²) in [6.07, 6.45) is 0.791. The number of fused-ring (bicyclic) bond motifs is 22. The van der Waals surface area contributed by atoms with Crippen molar-refractivity contribution in [2.24, 2.45) is 0 Å². The van der Waals surface area contributed by atoms with Crippen LogP contribution in [0.2, 0.25) is 0 Å². The van der Waals surface area contributed by atoms with Gasteiger partial charge >= 0.3 is 0 Å². The van der Waals surface area contributed by atoms with Crippen LogP contribution in [-0.2, 0) is 28.1 Å². The number of para-hydroxylation sites is 2. The van der Waals surface area contributed by atoms with Gasteiger partial charge in [0.1, 0.15) is 0 Å². The third kappa shape index (κ3) is 8.73. The van der Waals surface area contributed by atoms with Gasteiger partial charge < -0.3 is 14.4 Å². The molecule has 2 spiro atoms. The number of hydrogen-bond donors (Lipinski definition) is 0. The number of aromatic nitrogens is 1. The number of benzene rings is 16. The molecule has 4 aliphatic rings. The van der Waals surface area contributed by atoms with E-state index in [2.05, 4.69) is 411 Å². The first-order chi connectivity index (χ1) is 51.7. The topological polar surface area (TPSA) is 11.4 Å². The first-order valence-corrected chi connectivity index (χ1v) is 37.0. The average Bonchev–Trinajstić information content (AvgIpc) is 1.58. The highest BCUT2D eigenvalue weighted by molar-refractivity contribution is 6.11. The molecule has 0 unspecified atom stereocenters. The van der Waals surface area contributed by atoms with Crippen molar-refractivity contribution in [3.8, 4) is 39.1 Å². The molecule has 16 aromatic carbocycles. The van der Waals surface area contributed by atoms with Gasteiger partial charge in [-0.3, -0.25) is 0 Å². The molecule has 21 rings (SSSR count). The summed E-state index contributed by atoms with van der Waals surface area (Å²) < 4.78 is 2.50. The summed E-state index contributed by atoms with van der Waals surface area (Å²) in [5, 5.41) is 4.85. The van der Waals surface area contributed by atoms with Crippen molar-refractivity contribution in [1.29, 1.82) is 0 Å². The lowest BCUT2D eigenvalue weighted by atomic mass is 9.54. The highest BCUT2D eigenvalue weighted by atomic mass is 15.1. The van der Waals surface area contributed by atoms with Crippen LogP contribution in [0.3, 0.4) is 0 Å². The molecule has 0 radical (unpaired) electrons. The maximum absolute atomic E-state index is 2.51. The molecule has 0 saturated heterocycles. The molecule has 0 atom stereocenters. The molecule has 0 amide bonds. The molecule has 4 aliphatic carbocycles. The van der Waals surface area contributed by atoms with Crippen LogP contribution in [0.4, 0.5) is 34.1 Å². The minimum absolute atomic E-state index is 0.181. The molecule has 0 fully saturated rings. The average molecular weight is 1340 g/mol. The molecule has 3 nitrogen and oxygen atoms in total. The lowest BCUT2D eigenvalue weighted by Gasteiger charge is -2.48. The van der Waals surface area contributed by atoms with Gasteiger partial charge in [0.05, 0.1) is 21.9 Å². The Kier molecular flexibility index (Phi) is 13.4. The number of rotatable bonds is 10.